The van der Waals surface area contributed by atoms with Crippen molar-refractivity contribution in [2.45, 2.75) is 4.90 Å². The van der Waals surface area contributed by atoms with E-state index < -0.39 is 15.8 Å². The third-order valence-corrected chi connectivity index (χ3v) is 6.29. The normalized spacial score (nSPS) is 11.7. The standard InChI is InChI=1S/C19H15FIN5O3S/c20-14-3-1-2-13(12-14)19-24-23-17-8-9-18(25-26(17)19)29-11-10-22-30(27,28)16-6-4-15(21)5-7-16/h1-9,12,22H,10-11H2. The van der Waals surface area contributed by atoms with Crippen LogP contribution in [0.2, 0.25) is 0 Å². The van der Waals surface area contributed by atoms with Gasteiger partial charge >= 0.3 is 0 Å². The second-order valence-electron chi connectivity index (χ2n) is 6.18. The van der Waals surface area contributed by atoms with E-state index >= 15 is 0 Å². The average molecular weight is 539 g/mol. The molecule has 0 unspecified atom stereocenters. The molecule has 0 amide bonds. The average Bonchev–Trinajstić information content (AvgIpc) is 3.15. The van der Waals surface area contributed by atoms with E-state index in [4.69, 9.17) is 4.74 Å². The number of aromatic nitrogens is 4. The fourth-order valence-corrected chi connectivity index (χ4v) is 4.06. The first-order valence-corrected chi connectivity index (χ1v) is 11.3. The number of hydrogen-bond acceptors (Lipinski definition) is 6. The van der Waals surface area contributed by atoms with Crippen LogP contribution in [0.1, 0.15) is 0 Å². The molecular formula is C19H15FIN5O3S. The summed E-state index contributed by atoms with van der Waals surface area (Å²) >= 11 is 2.11. The Bertz CT molecular complexity index is 1300. The van der Waals surface area contributed by atoms with E-state index in [1.165, 1.54) is 16.6 Å². The molecule has 2 aromatic heterocycles. The van der Waals surface area contributed by atoms with Crippen LogP contribution in [-0.4, -0.2) is 41.4 Å². The molecule has 11 heteroatoms. The zero-order valence-corrected chi connectivity index (χ0v) is 18.3. The van der Waals surface area contributed by atoms with Crippen LogP contribution in [0, 0.1) is 9.39 Å². The summed E-state index contributed by atoms with van der Waals surface area (Å²) in [6.07, 6.45) is 0. The summed E-state index contributed by atoms with van der Waals surface area (Å²) < 4.78 is 48.5. The van der Waals surface area contributed by atoms with Gasteiger partial charge < -0.3 is 4.74 Å². The summed E-state index contributed by atoms with van der Waals surface area (Å²) in [5, 5.41) is 12.4. The SMILES string of the molecule is O=S(=O)(NCCOc1ccc2nnc(-c3cccc(F)c3)n2n1)c1ccc(I)cc1. The number of benzene rings is 2. The van der Waals surface area contributed by atoms with E-state index in [-0.39, 0.29) is 23.9 Å². The molecule has 8 nitrogen and oxygen atoms in total. The minimum atomic E-state index is -3.62. The van der Waals surface area contributed by atoms with Crippen molar-refractivity contribution in [1.29, 1.82) is 0 Å². The number of fused-ring (bicyclic) bond motifs is 1. The van der Waals surface area contributed by atoms with Gasteiger partial charge in [0.2, 0.25) is 15.9 Å². The van der Waals surface area contributed by atoms with Gasteiger partial charge in [0.25, 0.3) is 0 Å². The van der Waals surface area contributed by atoms with Crippen molar-refractivity contribution in [1.82, 2.24) is 24.5 Å². The number of ether oxygens (including phenoxy) is 1. The van der Waals surface area contributed by atoms with Gasteiger partial charge in [0.15, 0.2) is 11.5 Å². The lowest BCUT2D eigenvalue weighted by Crippen LogP contribution is -2.28. The maximum absolute atomic E-state index is 13.5. The first-order valence-electron chi connectivity index (χ1n) is 8.79. The highest BCUT2D eigenvalue weighted by Crippen LogP contribution is 2.19. The molecule has 0 aliphatic carbocycles. The molecule has 0 spiro atoms. The topological polar surface area (TPSA) is 98.5 Å². The molecule has 0 saturated carbocycles. The summed E-state index contributed by atoms with van der Waals surface area (Å²) in [5.74, 6) is 0.236. The number of hydrogen-bond donors (Lipinski definition) is 1. The maximum Gasteiger partial charge on any atom is 0.240 e. The second-order valence-corrected chi connectivity index (χ2v) is 9.19. The minimum Gasteiger partial charge on any atom is -0.475 e. The second kappa shape index (κ2) is 8.62. The first-order chi connectivity index (χ1) is 14.4. The quantitative estimate of drug-likeness (QED) is 0.287. The van der Waals surface area contributed by atoms with Crippen molar-refractivity contribution in [3.63, 3.8) is 0 Å². The van der Waals surface area contributed by atoms with Crippen LogP contribution in [0.5, 0.6) is 5.88 Å². The van der Waals surface area contributed by atoms with Crippen molar-refractivity contribution in [3.8, 4) is 17.3 Å². The molecule has 2 heterocycles. The zero-order chi connectivity index (χ0) is 21.1. The molecule has 4 rings (SSSR count). The van der Waals surface area contributed by atoms with E-state index in [0.29, 0.717) is 17.0 Å². The summed E-state index contributed by atoms with van der Waals surface area (Å²) in [6.45, 7) is 0.131. The molecule has 1 N–H and O–H groups in total. The van der Waals surface area contributed by atoms with Gasteiger partial charge in [-0.1, -0.05) is 12.1 Å². The van der Waals surface area contributed by atoms with Crippen LogP contribution in [0.15, 0.2) is 65.6 Å². The molecule has 30 heavy (non-hydrogen) atoms. The van der Waals surface area contributed by atoms with E-state index in [0.717, 1.165) is 3.57 Å². The molecule has 0 bridgehead atoms. The predicted octanol–water partition coefficient (Wildman–Crippen LogP) is 2.89. The third kappa shape index (κ3) is 4.57. The van der Waals surface area contributed by atoms with Gasteiger partial charge in [-0.2, -0.15) is 4.52 Å². The lowest BCUT2D eigenvalue weighted by molar-refractivity contribution is 0.306. The summed E-state index contributed by atoms with van der Waals surface area (Å²) in [7, 11) is -3.62. The number of rotatable bonds is 7. The fraction of sp³-hybridized carbons (Fsp3) is 0.105. The smallest absolute Gasteiger partial charge is 0.240 e. The van der Waals surface area contributed by atoms with Crippen LogP contribution in [0.3, 0.4) is 0 Å². The summed E-state index contributed by atoms with van der Waals surface area (Å²) in [6, 6.07) is 15.7. The summed E-state index contributed by atoms with van der Waals surface area (Å²) in [5.41, 5.74) is 0.999. The van der Waals surface area contributed by atoms with Crippen molar-refractivity contribution in [2.24, 2.45) is 0 Å². The van der Waals surface area contributed by atoms with Gasteiger partial charge in [0.1, 0.15) is 12.4 Å². The Balaban J connectivity index is 1.43. The van der Waals surface area contributed by atoms with Gasteiger partial charge in [-0.25, -0.2) is 17.5 Å². The number of nitrogens with one attached hydrogen (secondary N) is 1. The highest BCUT2D eigenvalue weighted by Gasteiger charge is 2.14. The molecule has 0 aliphatic heterocycles. The molecule has 2 aromatic carbocycles. The first kappa shape index (κ1) is 20.6. The summed E-state index contributed by atoms with van der Waals surface area (Å²) in [4.78, 5) is 0.187. The largest absolute Gasteiger partial charge is 0.475 e. The van der Waals surface area contributed by atoms with Gasteiger partial charge in [-0.05, 0) is 65.1 Å². The van der Waals surface area contributed by atoms with Gasteiger partial charge in [-0.3, -0.25) is 0 Å². The molecule has 154 valence electrons. The van der Waals surface area contributed by atoms with Crippen molar-refractivity contribution < 1.29 is 17.5 Å². The number of sulfonamides is 1. The molecular weight excluding hydrogens is 524 g/mol. The molecule has 0 atom stereocenters. The van der Waals surface area contributed by atoms with E-state index in [9.17, 15) is 12.8 Å². The lowest BCUT2D eigenvalue weighted by Gasteiger charge is -2.08. The molecule has 0 saturated heterocycles. The highest BCUT2D eigenvalue weighted by molar-refractivity contribution is 14.1. The zero-order valence-electron chi connectivity index (χ0n) is 15.4. The molecule has 0 aliphatic rings. The van der Waals surface area contributed by atoms with Gasteiger partial charge in [0, 0.05) is 21.7 Å². The van der Waals surface area contributed by atoms with Crippen molar-refractivity contribution >= 4 is 38.3 Å². The Hall–Kier alpha value is -2.64. The molecule has 4 aromatic rings. The predicted molar refractivity (Wildman–Crippen MR) is 116 cm³/mol. The Kier molecular flexibility index (Phi) is 5.92. The van der Waals surface area contributed by atoms with Crippen LogP contribution in [0.25, 0.3) is 17.0 Å². The highest BCUT2D eigenvalue weighted by atomic mass is 127. The van der Waals surface area contributed by atoms with Gasteiger partial charge in [-0.15, -0.1) is 15.3 Å². The Morgan fingerprint density at radius 1 is 1.07 bits per heavy atom. The van der Waals surface area contributed by atoms with E-state index in [2.05, 4.69) is 42.6 Å². The van der Waals surface area contributed by atoms with Crippen molar-refractivity contribution in [2.75, 3.05) is 13.2 Å². The lowest BCUT2D eigenvalue weighted by atomic mass is 10.2. The Morgan fingerprint density at radius 2 is 1.87 bits per heavy atom. The molecule has 0 fully saturated rings. The third-order valence-electron chi connectivity index (χ3n) is 4.09. The number of nitrogens with zero attached hydrogens (tertiary/aromatic N) is 4. The minimum absolute atomic E-state index is 0.0625. The maximum atomic E-state index is 13.5. The van der Waals surface area contributed by atoms with Crippen LogP contribution >= 0.6 is 22.6 Å². The molecule has 0 radical (unpaired) electrons. The van der Waals surface area contributed by atoms with Crippen LogP contribution in [-0.2, 0) is 10.0 Å². The Labute approximate surface area is 185 Å². The van der Waals surface area contributed by atoms with E-state index in [1.54, 1.807) is 48.5 Å². The fourth-order valence-electron chi connectivity index (χ4n) is 2.69. The number of halogens is 2. The van der Waals surface area contributed by atoms with Crippen LogP contribution < -0.4 is 9.46 Å². The van der Waals surface area contributed by atoms with Gasteiger partial charge in [0.05, 0.1) is 4.90 Å². The van der Waals surface area contributed by atoms with Crippen molar-refractivity contribution in [3.05, 3.63) is 70.1 Å². The van der Waals surface area contributed by atoms with Crippen LogP contribution in [0.4, 0.5) is 4.39 Å². The monoisotopic (exact) mass is 539 g/mol. The van der Waals surface area contributed by atoms with E-state index in [1.807, 2.05) is 0 Å². The Morgan fingerprint density at radius 3 is 2.63 bits per heavy atom.